The van der Waals surface area contributed by atoms with E-state index in [1.54, 1.807) is 17.1 Å². The van der Waals surface area contributed by atoms with Crippen LogP contribution >= 0.6 is 0 Å². The number of pyridine rings is 1. The first kappa shape index (κ1) is 14.0. The fourth-order valence-electron chi connectivity index (χ4n) is 2.20. The average molecular weight is 289 g/mol. The molecule has 0 aliphatic carbocycles. The Kier molecular flexibility index (Phi) is 4.23. The monoisotopic (exact) mass is 289 g/mol. The third kappa shape index (κ3) is 3.37. The molecular weight excluding hydrogens is 274 g/mol. The molecule has 0 atom stereocenters. The summed E-state index contributed by atoms with van der Waals surface area (Å²) >= 11 is 0. The molecule has 5 nitrogen and oxygen atoms in total. The van der Waals surface area contributed by atoms with E-state index in [-0.39, 0.29) is 0 Å². The maximum Gasteiger partial charge on any atom is 0.153 e. The van der Waals surface area contributed by atoms with Gasteiger partial charge < -0.3 is 5.32 Å². The quantitative estimate of drug-likeness (QED) is 0.783. The second kappa shape index (κ2) is 6.66. The van der Waals surface area contributed by atoms with Crippen LogP contribution in [0, 0.1) is 11.3 Å². The van der Waals surface area contributed by atoms with E-state index in [4.69, 9.17) is 5.26 Å². The summed E-state index contributed by atoms with van der Waals surface area (Å²) in [6, 6.07) is 15.6. The van der Waals surface area contributed by atoms with Gasteiger partial charge in [0, 0.05) is 31.7 Å². The van der Waals surface area contributed by atoms with E-state index in [2.05, 4.69) is 21.5 Å². The highest BCUT2D eigenvalue weighted by atomic mass is 15.3. The lowest BCUT2D eigenvalue weighted by Crippen LogP contribution is -2.13. The van der Waals surface area contributed by atoms with Gasteiger partial charge in [0.25, 0.3) is 0 Å². The molecular formula is C17H15N5. The van der Waals surface area contributed by atoms with E-state index < -0.39 is 0 Å². The smallest absolute Gasteiger partial charge is 0.153 e. The second-order valence-corrected chi connectivity index (χ2v) is 4.89. The molecule has 22 heavy (non-hydrogen) atoms. The number of rotatable bonds is 5. The van der Waals surface area contributed by atoms with Gasteiger partial charge in [-0.25, -0.2) is 9.67 Å². The van der Waals surface area contributed by atoms with Gasteiger partial charge in [-0.1, -0.05) is 12.1 Å². The van der Waals surface area contributed by atoms with Crippen LogP contribution < -0.4 is 5.32 Å². The van der Waals surface area contributed by atoms with Crippen LogP contribution in [0.2, 0.25) is 0 Å². The van der Waals surface area contributed by atoms with Gasteiger partial charge in [-0.15, -0.1) is 0 Å². The Bertz CT molecular complexity index is 787. The van der Waals surface area contributed by atoms with Crippen molar-refractivity contribution in [2.45, 2.75) is 13.1 Å². The number of hydrogen-bond donors (Lipinski definition) is 1. The van der Waals surface area contributed by atoms with Crippen molar-refractivity contribution in [1.82, 2.24) is 20.1 Å². The fraction of sp³-hybridized carbons (Fsp3) is 0.118. The summed E-state index contributed by atoms with van der Waals surface area (Å²) in [5, 5.41) is 16.5. The molecule has 1 N–H and O–H groups in total. The van der Waals surface area contributed by atoms with Crippen LogP contribution in [0.5, 0.6) is 0 Å². The normalized spacial score (nSPS) is 10.3. The van der Waals surface area contributed by atoms with Crippen molar-refractivity contribution in [3.8, 4) is 11.9 Å². The Morgan fingerprint density at radius 1 is 1.05 bits per heavy atom. The minimum absolute atomic E-state index is 0.684. The molecule has 5 heteroatoms. The molecule has 0 radical (unpaired) electrons. The highest BCUT2D eigenvalue weighted by molar-refractivity contribution is 5.32. The SMILES string of the molecule is N#Cc1cccc(CNCc2ccnc(-n3cccn3)c2)c1. The van der Waals surface area contributed by atoms with E-state index in [1.165, 1.54) is 0 Å². The topological polar surface area (TPSA) is 66.5 Å². The van der Waals surface area contributed by atoms with Crippen LogP contribution in [0.25, 0.3) is 5.82 Å². The number of nitriles is 1. The maximum absolute atomic E-state index is 8.90. The Morgan fingerprint density at radius 2 is 1.91 bits per heavy atom. The highest BCUT2D eigenvalue weighted by Crippen LogP contribution is 2.07. The Labute approximate surface area is 128 Å². The zero-order valence-corrected chi connectivity index (χ0v) is 12.0. The maximum atomic E-state index is 8.90. The lowest BCUT2D eigenvalue weighted by Gasteiger charge is -2.07. The molecule has 3 rings (SSSR count). The van der Waals surface area contributed by atoms with Crippen molar-refractivity contribution < 1.29 is 0 Å². The van der Waals surface area contributed by atoms with E-state index >= 15 is 0 Å². The molecule has 0 fully saturated rings. The van der Waals surface area contributed by atoms with Crippen LogP contribution in [0.3, 0.4) is 0 Å². The Balaban J connectivity index is 1.62. The third-order valence-corrected chi connectivity index (χ3v) is 3.26. The molecule has 0 aliphatic rings. The molecule has 0 saturated carbocycles. The van der Waals surface area contributed by atoms with Crippen LogP contribution in [-0.2, 0) is 13.1 Å². The highest BCUT2D eigenvalue weighted by Gasteiger charge is 2.00. The van der Waals surface area contributed by atoms with Gasteiger partial charge in [-0.05, 0) is 41.5 Å². The van der Waals surface area contributed by atoms with Crippen LogP contribution in [0.15, 0.2) is 61.1 Å². The zero-order chi connectivity index (χ0) is 15.2. The first-order valence-corrected chi connectivity index (χ1v) is 7.00. The summed E-state index contributed by atoms with van der Waals surface area (Å²) in [5.74, 6) is 0.802. The predicted molar refractivity (Wildman–Crippen MR) is 83.1 cm³/mol. The molecule has 1 aromatic carbocycles. The largest absolute Gasteiger partial charge is 0.309 e. The minimum atomic E-state index is 0.684. The first-order valence-electron chi connectivity index (χ1n) is 7.00. The van der Waals surface area contributed by atoms with Crippen molar-refractivity contribution in [3.63, 3.8) is 0 Å². The van der Waals surface area contributed by atoms with Gasteiger partial charge in [-0.3, -0.25) is 0 Å². The summed E-state index contributed by atoms with van der Waals surface area (Å²) in [4.78, 5) is 4.31. The molecule has 0 bridgehead atoms. The zero-order valence-electron chi connectivity index (χ0n) is 12.0. The number of benzene rings is 1. The predicted octanol–water partition coefficient (Wildman–Crippen LogP) is 2.43. The second-order valence-electron chi connectivity index (χ2n) is 4.89. The Morgan fingerprint density at radius 3 is 2.68 bits per heavy atom. The van der Waals surface area contributed by atoms with Crippen molar-refractivity contribution in [2.24, 2.45) is 0 Å². The van der Waals surface area contributed by atoms with E-state index in [0.717, 1.165) is 30.0 Å². The lowest BCUT2D eigenvalue weighted by atomic mass is 10.1. The molecule has 108 valence electrons. The summed E-state index contributed by atoms with van der Waals surface area (Å²) in [6.45, 7) is 1.45. The fourth-order valence-corrected chi connectivity index (χ4v) is 2.20. The number of hydrogen-bond acceptors (Lipinski definition) is 4. The number of nitrogens with one attached hydrogen (secondary N) is 1. The van der Waals surface area contributed by atoms with Gasteiger partial charge in [0.2, 0.25) is 0 Å². The van der Waals surface area contributed by atoms with Crippen molar-refractivity contribution in [2.75, 3.05) is 0 Å². The van der Waals surface area contributed by atoms with Gasteiger partial charge in [0.05, 0.1) is 11.6 Å². The van der Waals surface area contributed by atoms with Gasteiger partial charge in [-0.2, -0.15) is 10.4 Å². The summed E-state index contributed by atoms with van der Waals surface area (Å²) < 4.78 is 1.74. The third-order valence-electron chi connectivity index (χ3n) is 3.26. The average Bonchev–Trinajstić information content (AvgIpc) is 3.10. The van der Waals surface area contributed by atoms with Crippen LogP contribution in [0.1, 0.15) is 16.7 Å². The van der Waals surface area contributed by atoms with Crippen molar-refractivity contribution in [3.05, 3.63) is 77.7 Å². The van der Waals surface area contributed by atoms with Crippen molar-refractivity contribution in [1.29, 1.82) is 5.26 Å². The van der Waals surface area contributed by atoms with Crippen LogP contribution in [-0.4, -0.2) is 14.8 Å². The minimum Gasteiger partial charge on any atom is -0.309 e. The summed E-state index contributed by atoms with van der Waals surface area (Å²) in [7, 11) is 0. The molecule has 2 aromatic heterocycles. The van der Waals surface area contributed by atoms with E-state index in [1.807, 2.05) is 48.7 Å². The number of nitrogens with zero attached hydrogens (tertiary/aromatic N) is 4. The standard InChI is InChI=1S/C17H15N5/c18-11-14-3-1-4-15(9-14)12-19-13-16-5-7-20-17(10-16)22-8-2-6-21-22/h1-10,19H,12-13H2. The molecule has 0 amide bonds. The van der Waals surface area contributed by atoms with Gasteiger partial charge >= 0.3 is 0 Å². The summed E-state index contributed by atoms with van der Waals surface area (Å²) in [5.41, 5.74) is 2.92. The van der Waals surface area contributed by atoms with E-state index in [9.17, 15) is 0 Å². The Hall–Kier alpha value is -2.97. The molecule has 2 heterocycles. The molecule has 3 aromatic rings. The number of aromatic nitrogens is 3. The molecule has 0 saturated heterocycles. The van der Waals surface area contributed by atoms with Gasteiger partial charge in [0.1, 0.15) is 0 Å². The van der Waals surface area contributed by atoms with Crippen LogP contribution in [0.4, 0.5) is 0 Å². The lowest BCUT2D eigenvalue weighted by molar-refractivity contribution is 0.691. The van der Waals surface area contributed by atoms with Crippen molar-refractivity contribution >= 4 is 0 Å². The molecule has 0 spiro atoms. The summed E-state index contributed by atoms with van der Waals surface area (Å²) in [6.07, 6.45) is 5.38. The molecule has 0 unspecified atom stereocenters. The first-order chi connectivity index (χ1) is 10.8. The van der Waals surface area contributed by atoms with E-state index in [0.29, 0.717) is 5.56 Å². The van der Waals surface area contributed by atoms with Gasteiger partial charge in [0.15, 0.2) is 5.82 Å². The molecule has 0 aliphatic heterocycles.